The van der Waals surface area contributed by atoms with Crippen molar-refractivity contribution in [1.82, 2.24) is 34.6 Å². The van der Waals surface area contributed by atoms with Crippen molar-refractivity contribution in [1.29, 1.82) is 0 Å². The molecule has 3 heterocycles. The van der Waals surface area contributed by atoms with Crippen molar-refractivity contribution < 1.29 is 4.79 Å². The zero-order valence-electron chi connectivity index (χ0n) is 17.5. The Morgan fingerprint density at radius 1 is 1.26 bits per heavy atom. The molecule has 0 saturated heterocycles. The van der Waals surface area contributed by atoms with Gasteiger partial charge in [-0.3, -0.25) is 9.78 Å². The van der Waals surface area contributed by atoms with E-state index in [1.54, 1.807) is 24.8 Å². The summed E-state index contributed by atoms with van der Waals surface area (Å²) in [6.07, 6.45) is 16.1. The fourth-order valence-electron chi connectivity index (χ4n) is 3.65. The molecule has 0 unspecified atom stereocenters. The first-order chi connectivity index (χ1) is 15.1. The van der Waals surface area contributed by atoms with Crippen LogP contribution in [0.2, 0.25) is 0 Å². The van der Waals surface area contributed by atoms with E-state index in [9.17, 15) is 4.79 Å². The minimum absolute atomic E-state index is 0.245. The Balaban J connectivity index is 1.39. The molecule has 1 N–H and O–H groups in total. The summed E-state index contributed by atoms with van der Waals surface area (Å²) in [7, 11) is 1.95. The molecule has 3 aromatic rings. The topological polar surface area (TPSA) is 90.5 Å². The van der Waals surface area contributed by atoms with Gasteiger partial charge in [-0.05, 0) is 38.0 Å². The van der Waals surface area contributed by atoms with Gasteiger partial charge in [-0.15, -0.1) is 10.2 Å². The molecule has 0 atom stereocenters. The Kier molecular flexibility index (Phi) is 4.82. The lowest BCUT2D eigenvalue weighted by molar-refractivity contribution is 0.0960. The highest BCUT2D eigenvalue weighted by molar-refractivity contribution is 5.95. The Morgan fingerprint density at radius 3 is 2.90 bits per heavy atom. The molecule has 2 aliphatic rings. The van der Waals surface area contributed by atoms with Gasteiger partial charge in [0, 0.05) is 42.5 Å². The second kappa shape index (κ2) is 7.79. The lowest BCUT2D eigenvalue weighted by Gasteiger charge is -2.10. The van der Waals surface area contributed by atoms with Crippen LogP contribution >= 0.6 is 0 Å². The van der Waals surface area contributed by atoms with Crippen LogP contribution in [0.15, 0.2) is 60.9 Å². The molecule has 8 heteroatoms. The molecular weight excluding hydrogens is 390 g/mol. The summed E-state index contributed by atoms with van der Waals surface area (Å²) in [5.74, 6) is 1.49. The van der Waals surface area contributed by atoms with Gasteiger partial charge in [-0.2, -0.15) is 0 Å². The van der Waals surface area contributed by atoms with Gasteiger partial charge in [0.05, 0.1) is 11.9 Å². The van der Waals surface area contributed by atoms with Crippen LogP contribution < -0.4 is 5.32 Å². The highest BCUT2D eigenvalue weighted by atomic mass is 16.1. The number of carbonyl (C=O) groups is 1. The maximum Gasteiger partial charge on any atom is 0.274 e. The number of amides is 1. The fraction of sp³-hybridized carbons (Fsp3) is 0.261. The van der Waals surface area contributed by atoms with Crippen LogP contribution in [0.25, 0.3) is 16.8 Å². The summed E-state index contributed by atoms with van der Waals surface area (Å²) in [4.78, 5) is 21.6. The Morgan fingerprint density at radius 2 is 2.13 bits per heavy atom. The number of hydrogen-bond donors (Lipinski definition) is 1. The average Bonchev–Trinajstić information content (AvgIpc) is 3.48. The summed E-state index contributed by atoms with van der Waals surface area (Å²) in [5.41, 5.74) is 3.92. The van der Waals surface area contributed by atoms with Crippen molar-refractivity contribution in [3.05, 3.63) is 78.2 Å². The molecule has 0 aliphatic heterocycles. The van der Waals surface area contributed by atoms with Crippen LogP contribution in [-0.2, 0) is 7.05 Å². The van der Waals surface area contributed by atoms with E-state index in [1.807, 2.05) is 48.9 Å². The molecular formula is C23H23N7O. The van der Waals surface area contributed by atoms with Crippen LogP contribution in [-0.4, -0.2) is 35.2 Å². The highest BCUT2D eigenvalue weighted by Gasteiger charge is 2.27. The molecule has 2 aliphatic carbocycles. The van der Waals surface area contributed by atoms with Crippen molar-refractivity contribution >= 4 is 11.5 Å². The molecule has 31 heavy (non-hydrogen) atoms. The standard InChI is InChI=1S/C23H23N7O/c1-15-25-13-21(29(15)2)16-9-10-24-20(12-16)23(31)27-18-6-4-3-5-17(11-18)22-28-26-14-30(22)19-7-8-19/h3-5,9-14,19H,6-8H2,1-2H3,(H,27,31). The van der Waals surface area contributed by atoms with Crippen molar-refractivity contribution in [2.24, 2.45) is 7.05 Å². The van der Waals surface area contributed by atoms with E-state index < -0.39 is 0 Å². The third-order valence-electron chi connectivity index (χ3n) is 5.63. The van der Waals surface area contributed by atoms with Gasteiger partial charge >= 0.3 is 0 Å². The van der Waals surface area contributed by atoms with Gasteiger partial charge in [0.2, 0.25) is 0 Å². The third-order valence-corrected chi connectivity index (χ3v) is 5.63. The van der Waals surface area contributed by atoms with E-state index in [1.165, 1.54) is 0 Å². The maximum absolute atomic E-state index is 13.0. The number of aryl methyl sites for hydroxylation is 1. The van der Waals surface area contributed by atoms with E-state index in [4.69, 9.17) is 0 Å². The Bertz CT molecular complexity index is 1240. The number of pyridine rings is 1. The second-order valence-corrected chi connectivity index (χ2v) is 7.85. The number of imidazole rings is 1. The van der Waals surface area contributed by atoms with E-state index in [-0.39, 0.29) is 5.91 Å². The summed E-state index contributed by atoms with van der Waals surface area (Å²) < 4.78 is 4.10. The largest absolute Gasteiger partial charge is 0.331 e. The lowest BCUT2D eigenvalue weighted by Crippen LogP contribution is -2.23. The van der Waals surface area contributed by atoms with Crippen LogP contribution in [0.5, 0.6) is 0 Å². The summed E-state index contributed by atoms with van der Waals surface area (Å²) in [5, 5.41) is 11.4. The molecule has 1 amide bonds. The predicted octanol–water partition coefficient (Wildman–Crippen LogP) is 3.37. The van der Waals surface area contributed by atoms with Crippen molar-refractivity contribution in [3.63, 3.8) is 0 Å². The second-order valence-electron chi connectivity index (χ2n) is 7.85. The Hall–Kier alpha value is -3.81. The SMILES string of the molecule is Cc1ncc(-c2ccnc(C(=O)NC3=CC(c4nncn4C4CC4)=CC=CC3)c2)n1C. The molecule has 0 aromatic carbocycles. The maximum atomic E-state index is 13.0. The molecule has 1 fully saturated rings. The summed E-state index contributed by atoms with van der Waals surface area (Å²) in [6, 6.07) is 4.15. The quantitative estimate of drug-likeness (QED) is 0.693. The van der Waals surface area contributed by atoms with Gasteiger partial charge in [0.15, 0.2) is 5.82 Å². The Labute approximate surface area is 180 Å². The van der Waals surface area contributed by atoms with E-state index >= 15 is 0 Å². The molecule has 3 aromatic heterocycles. The zero-order chi connectivity index (χ0) is 21.4. The number of rotatable bonds is 5. The molecule has 8 nitrogen and oxygen atoms in total. The number of carbonyl (C=O) groups excluding carboxylic acids is 1. The normalized spacial score (nSPS) is 15.9. The van der Waals surface area contributed by atoms with Crippen LogP contribution in [0.4, 0.5) is 0 Å². The predicted molar refractivity (Wildman–Crippen MR) is 117 cm³/mol. The fourth-order valence-corrected chi connectivity index (χ4v) is 3.65. The molecule has 0 bridgehead atoms. The monoisotopic (exact) mass is 413 g/mol. The lowest BCUT2D eigenvalue weighted by atomic mass is 10.1. The minimum atomic E-state index is -0.245. The minimum Gasteiger partial charge on any atom is -0.331 e. The van der Waals surface area contributed by atoms with E-state index in [0.29, 0.717) is 18.2 Å². The van der Waals surface area contributed by atoms with Crippen LogP contribution in [0.1, 0.15) is 47.4 Å². The van der Waals surface area contributed by atoms with Crippen LogP contribution in [0.3, 0.4) is 0 Å². The smallest absolute Gasteiger partial charge is 0.274 e. The van der Waals surface area contributed by atoms with Crippen molar-refractivity contribution in [2.45, 2.75) is 32.2 Å². The molecule has 156 valence electrons. The van der Waals surface area contributed by atoms with Gasteiger partial charge in [-0.1, -0.05) is 18.2 Å². The van der Waals surface area contributed by atoms with Gasteiger partial charge in [0.1, 0.15) is 17.8 Å². The zero-order valence-corrected chi connectivity index (χ0v) is 17.5. The van der Waals surface area contributed by atoms with Gasteiger partial charge < -0.3 is 14.5 Å². The first-order valence-corrected chi connectivity index (χ1v) is 10.3. The van der Waals surface area contributed by atoms with Crippen LogP contribution in [0, 0.1) is 6.92 Å². The van der Waals surface area contributed by atoms with E-state index in [2.05, 4.69) is 30.0 Å². The van der Waals surface area contributed by atoms with Gasteiger partial charge in [-0.25, -0.2) is 4.98 Å². The summed E-state index contributed by atoms with van der Waals surface area (Å²) >= 11 is 0. The first kappa shape index (κ1) is 19.2. The third kappa shape index (κ3) is 3.84. The number of nitrogens with zero attached hydrogens (tertiary/aromatic N) is 6. The van der Waals surface area contributed by atoms with E-state index in [0.717, 1.165) is 47.0 Å². The summed E-state index contributed by atoms with van der Waals surface area (Å²) in [6.45, 7) is 1.94. The van der Waals surface area contributed by atoms with Gasteiger partial charge in [0.25, 0.3) is 5.91 Å². The highest BCUT2D eigenvalue weighted by Crippen LogP contribution is 2.37. The van der Waals surface area contributed by atoms with Crippen molar-refractivity contribution in [3.8, 4) is 11.3 Å². The first-order valence-electron chi connectivity index (χ1n) is 10.3. The number of aromatic nitrogens is 6. The molecule has 0 spiro atoms. The number of nitrogens with one attached hydrogen (secondary N) is 1. The molecule has 5 rings (SSSR count). The number of hydrogen-bond acceptors (Lipinski definition) is 5. The van der Waals surface area contributed by atoms with Crippen molar-refractivity contribution in [2.75, 3.05) is 0 Å². The number of allylic oxidation sites excluding steroid dienone is 5. The molecule has 0 radical (unpaired) electrons. The average molecular weight is 413 g/mol. The molecule has 1 saturated carbocycles.